The molecule has 0 radical (unpaired) electrons. The maximum Gasteiger partial charge on any atom is 0.416 e. The molecule has 3 saturated heterocycles. The predicted octanol–water partition coefficient (Wildman–Crippen LogP) is 1.64. The van der Waals surface area contributed by atoms with Gasteiger partial charge in [0.2, 0.25) is 15.9 Å². The van der Waals surface area contributed by atoms with E-state index in [1.54, 1.807) is 21.9 Å². The molecule has 10 nitrogen and oxygen atoms in total. The van der Waals surface area contributed by atoms with Crippen LogP contribution in [-0.4, -0.2) is 105 Å². The van der Waals surface area contributed by atoms with Gasteiger partial charge in [0.25, 0.3) is 0 Å². The minimum absolute atomic E-state index is 0.0181. The minimum atomic E-state index is -4.58. The lowest BCUT2D eigenvalue weighted by Crippen LogP contribution is -2.55. The van der Waals surface area contributed by atoms with Crippen LogP contribution < -0.4 is 15.1 Å². The molecular formula is C25H30ClF3N6O4S. The van der Waals surface area contributed by atoms with E-state index in [1.165, 1.54) is 16.4 Å². The first-order valence-electron chi connectivity index (χ1n) is 12.9. The van der Waals surface area contributed by atoms with Crippen molar-refractivity contribution in [1.29, 1.82) is 0 Å². The number of nitrogens with one attached hydrogen (secondary N) is 1. The molecule has 1 unspecified atom stereocenters. The number of carbonyl (C=O) groups excluding carboxylic acids is 1. The first-order chi connectivity index (χ1) is 19.0. The third-order valence-corrected chi connectivity index (χ3v) is 9.69. The highest BCUT2D eigenvalue weighted by Crippen LogP contribution is 2.33. The Kier molecular flexibility index (Phi) is 8.28. The van der Waals surface area contributed by atoms with Gasteiger partial charge in [-0.25, -0.2) is 13.4 Å². The van der Waals surface area contributed by atoms with E-state index in [0.717, 1.165) is 25.2 Å². The monoisotopic (exact) mass is 602 g/mol. The van der Waals surface area contributed by atoms with Crippen LogP contribution in [0.5, 0.6) is 0 Å². The number of pyridine rings is 1. The maximum absolute atomic E-state index is 13.3. The Morgan fingerprint density at radius 2 is 1.75 bits per heavy atom. The standard InChI is InChI=1S/C25H30ClF3N6O4S/c26-22-11-17(25(27,28)29)12-23(31-22)32-7-9-34(10-8-32)40(38,39)21-3-1-19(2-4-21)35-15-20(13-24(35)37)33-6-5-30-18(14-33)16-36/h1-4,11-12,18,20,30,36H,5-10,13-16H2/t18-,20?/m1/s1. The molecule has 0 saturated carbocycles. The summed E-state index contributed by atoms with van der Waals surface area (Å²) in [6, 6.07) is 7.83. The number of piperazine rings is 2. The van der Waals surface area contributed by atoms with Crippen LogP contribution in [0.3, 0.4) is 0 Å². The Morgan fingerprint density at radius 1 is 1.05 bits per heavy atom. The van der Waals surface area contributed by atoms with E-state index in [2.05, 4.69) is 15.2 Å². The lowest BCUT2D eigenvalue weighted by Gasteiger charge is -2.36. The van der Waals surface area contributed by atoms with Gasteiger partial charge < -0.3 is 20.2 Å². The minimum Gasteiger partial charge on any atom is -0.395 e. The summed E-state index contributed by atoms with van der Waals surface area (Å²) in [5.74, 6) is 0.00150. The van der Waals surface area contributed by atoms with Gasteiger partial charge in [0, 0.05) is 76.5 Å². The summed E-state index contributed by atoms with van der Waals surface area (Å²) in [5.41, 5.74) is -0.305. The smallest absolute Gasteiger partial charge is 0.395 e. The molecule has 1 aromatic carbocycles. The van der Waals surface area contributed by atoms with Crippen molar-refractivity contribution in [2.45, 2.75) is 29.6 Å². The molecule has 2 N–H and O–H groups in total. The molecule has 218 valence electrons. The van der Waals surface area contributed by atoms with Gasteiger partial charge in [0.1, 0.15) is 11.0 Å². The predicted molar refractivity (Wildman–Crippen MR) is 143 cm³/mol. The van der Waals surface area contributed by atoms with Crippen LogP contribution in [0.1, 0.15) is 12.0 Å². The molecule has 3 aliphatic rings. The number of rotatable bonds is 6. The number of aliphatic hydroxyl groups is 1. The van der Waals surface area contributed by atoms with Crippen LogP contribution in [-0.2, 0) is 21.0 Å². The maximum atomic E-state index is 13.3. The molecule has 3 fully saturated rings. The van der Waals surface area contributed by atoms with Crippen molar-refractivity contribution < 1.29 is 31.5 Å². The van der Waals surface area contributed by atoms with Crippen LogP contribution in [0.15, 0.2) is 41.3 Å². The molecule has 4 heterocycles. The van der Waals surface area contributed by atoms with Gasteiger partial charge in [0.05, 0.1) is 17.1 Å². The topological polar surface area (TPSA) is 109 Å². The van der Waals surface area contributed by atoms with E-state index in [1.807, 2.05) is 0 Å². The Morgan fingerprint density at radius 3 is 2.40 bits per heavy atom. The summed E-state index contributed by atoms with van der Waals surface area (Å²) in [6.45, 7) is 3.11. The molecular weight excluding hydrogens is 573 g/mol. The zero-order valence-electron chi connectivity index (χ0n) is 21.5. The average molecular weight is 603 g/mol. The Labute approximate surface area is 235 Å². The molecule has 0 spiro atoms. The van der Waals surface area contributed by atoms with Gasteiger partial charge in [-0.2, -0.15) is 17.5 Å². The molecule has 5 rings (SSSR count). The molecule has 15 heteroatoms. The van der Waals surface area contributed by atoms with E-state index in [0.29, 0.717) is 25.2 Å². The second kappa shape index (κ2) is 11.4. The highest BCUT2D eigenvalue weighted by atomic mass is 35.5. The Hall–Kier alpha value is -2.49. The summed E-state index contributed by atoms with van der Waals surface area (Å²) in [7, 11) is -3.86. The zero-order chi connectivity index (χ0) is 28.7. The fourth-order valence-corrected chi connectivity index (χ4v) is 7.03. The SMILES string of the molecule is O=C1CC(N2CCN[C@@H](CO)C2)CN1c1ccc(S(=O)(=O)N2CCN(c3cc(C(F)(F)F)cc(Cl)n3)CC2)cc1. The molecule has 40 heavy (non-hydrogen) atoms. The third kappa shape index (κ3) is 6.06. The lowest BCUT2D eigenvalue weighted by molar-refractivity contribution is -0.137. The van der Waals surface area contributed by atoms with E-state index < -0.39 is 21.8 Å². The summed E-state index contributed by atoms with van der Waals surface area (Å²) in [6.07, 6.45) is -4.22. The number of anilines is 2. The number of aromatic nitrogens is 1. The Balaban J connectivity index is 1.22. The van der Waals surface area contributed by atoms with Crippen molar-refractivity contribution in [2.24, 2.45) is 0 Å². The number of aliphatic hydroxyl groups excluding tert-OH is 1. The molecule has 2 atom stereocenters. The normalized spacial score (nSPS) is 23.7. The number of hydrogen-bond acceptors (Lipinski definition) is 8. The van der Waals surface area contributed by atoms with Gasteiger partial charge >= 0.3 is 6.18 Å². The van der Waals surface area contributed by atoms with Gasteiger partial charge in [-0.3, -0.25) is 9.69 Å². The summed E-state index contributed by atoms with van der Waals surface area (Å²) in [4.78, 5) is 22.3. The second-order valence-corrected chi connectivity index (χ2v) is 12.4. The number of carbonyl (C=O) groups is 1. The number of hydrogen-bond donors (Lipinski definition) is 2. The highest BCUT2D eigenvalue weighted by molar-refractivity contribution is 7.89. The number of benzene rings is 1. The van der Waals surface area contributed by atoms with Crippen molar-refractivity contribution in [3.63, 3.8) is 0 Å². The number of sulfonamides is 1. The highest BCUT2D eigenvalue weighted by Gasteiger charge is 2.37. The molecule has 0 bridgehead atoms. The van der Waals surface area contributed by atoms with Gasteiger partial charge in [-0.15, -0.1) is 0 Å². The van der Waals surface area contributed by atoms with E-state index in [9.17, 15) is 31.5 Å². The molecule has 2 aromatic rings. The molecule has 1 aromatic heterocycles. The van der Waals surface area contributed by atoms with E-state index in [-0.39, 0.29) is 66.6 Å². The fraction of sp³-hybridized carbons (Fsp3) is 0.520. The van der Waals surface area contributed by atoms with Crippen LogP contribution >= 0.6 is 11.6 Å². The third-order valence-electron chi connectivity index (χ3n) is 7.59. The molecule has 3 aliphatic heterocycles. The van der Waals surface area contributed by atoms with Gasteiger partial charge in [0.15, 0.2) is 0 Å². The lowest BCUT2D eigenvalue weighted by atomic mass is 10.1. The van der Waals surface area contributed by atoms with Crippen molar-refractivity contribution in [2.75, 3.05) is 68.8 Å². The zero-order valence-corrected chi connectivity index (χ0v) is 23.1. The summed E-state index contributed by atoms with van der Waals surface area (Å²) in [5, 5.41) is 12.4. The largest absolute Gasteiger partial charge is 0.416 e. The van der Waals surface area contributed by atoms with Crippen LogP contribution in [0.2, 0.25) is 5.15 Å². The Bertz CT molecular complexity index is 1340. The average Bonchev–Trinajstić information content (AvgIpc) is 3.34. The number of halogens is 4. The van der Waals surface area contributed by atoms with Crippen molar-refractivity contribution in [3.05, 3.63) is 47.1 Å². The summed E-state index contributed by atoms with van der Waals surface area (Å²) >= 11 is 5.80. The molecule has 0 aliphatic carbocycles. The van der Waals surface area contributed by atoms with Crippen LogP contribution in [0.25, 0.3) is 0 Å². The van der Waals surface area contributed by atoms with Crippen molar-refractivity contribution >= 4 is 39.0 Å². The fourth-order valence-electron chi connectivity index (χ4n) is 5.40. The van der Waals surface area contributed by atoms with Crippen molar-refractivity contribution in [3.8, 4) is 0 Å². The summed E-state index contributed by atoms with van der Waals surface area (Å²) < 4.78 is 67.4. The van der Waals surface area contributed by atoms with Crippen LogP contribution in [0.4, 0.5) is 24.7 Å². The van der Waals surface area contributed by atoms with Crippen LogP contribution in [0, 0.1) is 0 Å². The molecule has 1 amide bonds. The number of alkyl halides is 3. The number of nitrogens with zero attached hydrogens (tertiary/aromatic N) is 5. The van der Waals surface area contributed by atoms with Gasteiger partial charge in [-0.1, -0.05) is 11.6 Å². The van der Waals surface area contributed by atoms with Gasteiger partial charge in [-0.05, 0) is 36.4 Å². The first-order valence-corrected chi connectivity index (χ1v) is 14.8. The second-order valence-electron chi connectivity index (χ2n) is 10.1. The van der Waals surface area contributed by atoms with Crippen molar-refractivity contribution in [1.82, 2.24) is 19.5 Å². The van der Waals surface area contributed by atoms with E-state index >= 15 is 0 Å². The van der Waals surface area contributed by atoms with E-state index in [4.69, 9.17) is 11.6 Å². The number of amides is 1. The first kappa shape index (κ1) is 29.0. The quantitative estimate of drug-likeness (QED) is 0.481.